The number of β-amino-alcohol motifs (C(OH)–C–C–N with tert-alkyl or cyclic N) is 1. The summed E-state index contributed by atoms with van der Waals surface area (Å²) in [4.78, 5) is 30.7. The van der Waals surface area contributed by atoms with E-state index in [9.17, 15) is 19.1 Å². The number of rotatable bonds is 3. The molecule has 1 saturated heterocycles. The second-order valence-corrected chi connectivity index (χ2v) is 9.04. The molecule has 0 bridgehead atoms. The molecular weight excluding hydrogens is 407 g/mol. The van der Waals surface area contributed by atoms with Crippen molar-refractivity contribution in [3.05, 3.63) is 34.5 Å². The molecule has 0 radical (unpaired) electrons. The summed E-state index contributed by atoms with van der Waals surface area (Å²) in [5, 5.41) is 13.3. The average molecular weight is 434 g/mol. The first-order valence-electron chi connectivity index (χ1n) is 10.3. The molecule has 2 aromatic rings. The van der Waals surface area contributed by atoms with Crippen molar-refractivity contribution in [2.24, 2.45) is 0 Å². The number of pyridine rings is 2. The highest BCUT2D eigenvalue weighted by Crippen LogP contribution is 2.32. The maximum absolute atomic E-state index is 14.2. The van der Waals surface area contributed by atoms with Gasteiger partial charge in [-0.15, -0.1) is 0 Å². The fraction of sp³-hybridized carbons (Fsp3) is 0.571. The maximum atomic E-state index is 14.2. The van der Waals surface area contributed by atoms with Gasteiger partial charge in [-0.1, -0.05) is 0 Å². The molecule has 0 unspecified atom stereocenters. The molecule has 4 heterocycles. The van der Waals surface area contributed by atoms with E-state index in [-0.39, 0.29) is 24.0 Å². The van der Waals surface area contributed by atoms with E-state index >= 15 is 0 Å². The molecule has 0 saturated carbocycles. The van der Waals surface area contributed by atoms with Crippen LogP contribution in [0.5, 0.6) is 5.75 Å². The fourth-order valence-corrected chi connectivity index (χ4v) is 4.15. The Morgan fingerprint density at radius 2 is 2.19 bits per heavy atom. The first-order chi connectivity index (χ1) is 14.6. The van der Waals surface area contributed by atoms with Crippen LogP contribution in [0.2, 0.25) is 0 Å². The van der Waals surface area contributed by atoms with E-state index in [1.54, 1.807) is 26.8 Å². The summed E-state index contributed by atoms with van der Waals surface area (Å²) in [5.41, 5.74) is -0.0291. The molecule has 10 heteroatoms. The van der Waals surface area contributed by atoms with E-state index < -0.39 is 29.7 Å². The van der Waals surface area contributed by atoms with Crippen LogP contribution in [0.4, 0.5) is 9.18 Å². The van der Waals surface area contributed by atoms with Gasteiger partial charge in [0.1, 0.15) is 17.7 Å². The van der Waals surface area contributed by atoms with Crippen LogP contribution >= 0.6 is 0 Å². The monoisotopic (exact) mass is 434 g/mol. The zero-order valence-electron chi connectivity index (χ0n) is 17.8. The number of halogens is 1. The number of amides is 1. The summed E-state index contributed by atoms with van der Waals surface area (Å²) in [5.74, 6) is -0.561. The van der Waals surface area contributed by atoms with E-state index in [2.05, 4.69) is 10.3 Å². The standard InChI is InChI=1S/C21H27FN4O5/c1-21(2,3)31-20(29)24-14-6-7-25(10-16(14)27)9-12-11-30-19-13(22)8-23-15-4-5-17(28)26(12)18(15)19/h4-5,8,12,14,16,27H,6-7,9-11H2,1-3H3,(H,24,29)/t12-,14-,16+/m1/s1. The molecule has 4 rings (SSSR count). The lowest BCUT2D eigenvalue weighted by Crippen LogP contribution is -2.55. The van der Waals surface area contributed by atoms with Crippen molar-refractivity contribution >= 4 is 17.1 Å². The Hall–Kier alpha value is -2.72. The second-order valence-electron chi connectivity index (χ2n) is 9.04. The molecule has 3 atom stereocenters. The number of carbonyl (C=O) groups is 1. The first-order valence-corrected chi connectivity index (χ1v) is 10.3. The molecule has 2 aromatic heterocycles. The number of aromatic nitrogens is 2. The van der Waals surface area contributed by atoms with Crippen LogP contribution in [0.15, 0.2) is 23.1 Å². The third-order valence-corrected chi connectivity index (χ3v) is 5.48. The zero-order chi connectivity index (χ0) is 22.3. The van der Waals surface area contributed by atoms with Gasteiger partial charge in [-0.05, 0) is 33.3 Å². The van der Waals surface area contributed by atoms with E-state index in [1.165, 1.54) is 10.6 Å². The van der Waals surface area contributed by atoms with Crippen LogP contribution in [0, 0.1) is 5.82 Å². The molecule has 31 heavy (non-hydrogen) atoms. The van der Waals surface area contributed by atoms with Crippen LogP contribution in [-0.4, -0.2) is 69.6 Å². The van der Waals surface area contributed by atoms with Gasteiger partial charge in [-0.2, -0.15) is 0 Å². The van der Waals surface area contributed by atoms with Gasteiger partial charge in [0.25, 0.3) is 5.56 Å². The Morgan fingerprint density at radius 1 is 1.42 bits per heavy atom. The van der Waals surface area contributed by atoms with Crippen molar-refractivity contribution in [2.75, 3.05) is 26.2 Å². The number of aliphatic hydroxyl groups excluding tert-OH is 1. The molecular formula is C21H27FN4O5. The number of nitrogens with one attached hydrogen (secondary N) is 1. The number of hydrogen-bond donors (Lipinski definition) is 2. The van der Waals surface area contributed by atoms with Crippen molar-refractivity contribution < 1.29 is 23.8 Å². The molecule has 0 aliphatic carbocycles. The Labute approximate surface area is 178 Å². The Bertz CT molecular complexity index is 1050. The largest absolute Gasteiger partial charge is 0.486 e. The third-order valence-electron chi connectivity index (χ3n) is 5.48. The summed E-state index contributed by atoms with van der Waals surface area (Å²) in [6, 6.07) is 2.20. The summed E-state index contributed by atoms with van der Waals surface area (Å²) in [6.07, 6.45) is 0.269. The topological polar surface area (TPSA) is 106 Å². The van der Waals surface area contributed by atoms with Crippen molar-refractivity contribution in [1.82, 2.24) is 19.8 Å². The van der Waals surface area contributed by atoms with Crippen molar-refractivity contribution in [1.29, 1.82) is 0 Å². The lowest BCUT2D eigenvalue weighted by molar-refractivity contribution is 0.0149. The van der Waals surface area contributed by atoms with Crippen molar-refractivity contribution in [3.63, 3.8) is 0 Å². The Morgan fingerprint density at radius 3 is 2.90 bits per heavy atom. The predicted molar refractivity (Wildman–Crippen MR) is 111 cm³/mol. The predicted octanol–water partition coefficient (Wildman–Crippen LogP) is 1.43. The fourth-order valence-electron chi connectivity index (χ4n) is 4.15. The number of hydrogen-bond acceptors (Lipinski definition) is 7. The minimum atomic E-state index is -0.787. The minimum absolute atomic E-state index is 0.0410. The van der Waals surface area contributed by atoms with E-state index in [4.69, 9.17) is 9.47 Å². The number of piperidine rings is 1. The van der Waals surface area contributed by atoms with Gasteiger partial charge in [0.05, 0.1) is 29.9 Å². The number of nitrogens with zero attached hydrogens (tertiary/aromatic N) is 3. The first kappa shape index (κ1) is 21.5. The second kappa shape index (κ2) is 8.08. The van der Waals surface area contributed by atoms with Crippen LogP contribution in [0.25, 0.3) is 11.0 Å². The number of ether oxygens (including phenoxy) is 2. The summed E-state index contributed by atoms with van der Waals surface area (Å²) in [6.45, 7) is 6.83. The molecule has 2 N–H and O–H groups in total. The van der Waals surface area contributed by atoms with Crippen molar-refractivity contribution in [3.8, 4) is 5.75 Å². The molecule has 9 nitrogen and oxygen atoms in total. The highest BCUT2D eigenvalue weighted by atomic mass is 19.1. The Kier molecular flexibility index (Phi) is 5.61. The Balaban J connectivity index is 1.46. The van der Waals surface area contributed by atoms with Crippen LogP contribution in [-0.2, 0) is 4.74 Å². The number of alkyl carbamates (subject to hydrolysis) is 1. The minimum Gasteiger partial charge on any atom is -0.486 e. The summed E-state index contributed by atoms with van der Waals surface area (Å²) < 4.78 is 26.6. The number of carbonyl (C=O) groups excluding carboxylic acids is 1. The number of likely N-dealkylation sites (tertiary alicyclic amines) is 1. The SMILES string of the molecule is CC(C)(C)OC(=O)N[C@@H]1CCN(C[C@@H]2COc3c(F)cnc4ccc(=O)n2c34)C[C@@H]1O. The van der Waals surface area contributed by atoms with Gasteiger partial charge < -0.3 is 19.9 Å². The highest BCUT2D eigenvalue weighted by molar-refractivity contribution is 5.82. The van der Waals surface area contributed by atoms with Crippen molar-refractivity contribution in [2.45, 2.75) is 51.0 Å². The quantitative estimate of drug-likeness (QED) is 0.753. The summed E-state index contributed by atoms with van der Waals surface area (Å²) in [7, 11) is 0. The summed E-state index contributed by atoms with van der Waals surface area (Å²) >= 11 is 0. The molecule has 2 aliphatic heterocycles. The molecule has 2 aliphatic rings. The average Bonchev–Trinajstić information content (AvgIpc) is 2.68. The van der Waals surface area contributed by atoms with Gasteiger partial charge in [0.2, 0.25) is 0 Å². The smallest absolute Gasteiger partial charge is 0.407 e. The van der Waals surface area contributed by atoms with E-state index in [0.717, 1.165) is 6.20 Å². The van der Waals surface area contributed by atoms with Gasteiger partial charge in [-0.25, -0.2) is 9.18 Å². The van der Waals surface area contributed by atoms with Crippen LogP contribution in [0.3, 0.4) is 0 Å². The number of aliphatic hydroxyl groups is 1. The molecule has 168 valence electrons. The van der Waals surface area contributed by atoms with E-state index in [1.807, 2.05) is 4.90 Å². The van der Waals surface area contributed by atoms with Gasteiger partial charge >= 0.3 is 6.09 Å². The lowest BCUT2D eigenvalue weighted by atomic mass is 10.0. The van der Waals surface area contributed by atoms with Crippen LogP contribution < -0.4 is 15.6 Å². The van der Waals surface area contributed by atoms with Crippen LogP contribution in [0.1, 0.15) is 33.2 Å². The van der Waals surface area contributed by atoms with Gasteiger partial charge in [-0.3, -0.25) is 19.2 Å². The molecule has 0 spiro atoms. The highest BCUT2D eigenvalue weighted by Gasteiger charge is 2.33. The van der Waals surface area contributed by atoms with Gasteiger partial charge in [0, 0.05) is 25.7 Å². The normalized spacial score (nSPS) is 24.0. The maximum Gasteiger partial charge on any atom is 0.407 e. The van der Waals surface area contributed by atoms with Gasteiger partial charge in [0.15, 0.2) is 11.6 Å². The molecule has 0 aromatic carbocycles. The van der Waals surface area contributed by atoms with E-state index in [0.29, 0.717) is 37.1 Å². The zero-order valence-corrected chi connectivity index (χ0v) is 17.8. The molecule has 1 fully saturated rings. The lowest BCUT2D eigenvalue weighted by Gasteiger charge is -2.39. The third kappa shape index (κ3) is 4.49. The molecule has 1 amide bonds.